The van der Waals surface area contributed by atoms with Gasteiger partial charge in [0, 0.05) is 23.3 Å². The molecule has 0 saturated heterocycles. The Morgan fingerprint density at radius 3 is 2.80 bits per heavy atom. The number of hydrogen-bond donors (Lipinski definition) is 1. The molecule has 0 amide bonds. The van der Waals surface area contributed by atoms with Crippen molar-refractivity contribution >= 4 is 16.6 Å². The molecule has 4 nitrogen and oxygen atoms in total. The van der Waals surface area contributed by atoms with E-state index >= 15 is 0 Å². The van der Waals surface area contributed by atoms with Gasteiger partial charge in [-0.3, -0.25) is 4.98 Å². The Morgan fingerprint density at radius 2 is 2.00 bits per heavy atom. The normalized spacial score (nSPS) is 11.7. The zero-order chi connectivity index (χ0) is 17.6. The average Bonchev–Trinajstić information content (AvgIpc) is 2.64. The molecule has 3 rings (SSSR count). The van der Waals surface area contributed by atoms with Crippen molar-refractivity contribution in [3.63, 3.8) is 0 Å². The molecule has 0 aliphatic heterocycles. The summed E-state index contributed by atoms with van der Waals surface area (Å²) in [5.41, 5.74) is 4.14. The second kappa shape index (κ2) is 7.67. The summed E-state index contributed by atoms with van der Waals surface area (Å²) in [5.74, 6) is 0.725. The third kappa shape index (κ3) is 4.07. The van der Waals surface area contributed by atoms with Gasteiger partial charge in [0.2, 0.25) is 0 Å². The number of anilines is 1. The number of hydrogen-bond acceptors (Lipinski definition) is 4. The van der Waals surface area contributed by atoms with Gasteiger partial charge in [0.15, 0.2) is 6.10 Å². The standard InChI is InChI=1S/C21H21N3O/c1-3-17(13-22)25-18-8-6-7-16(12-18)14-23-21-11-15(2)24-20-10-5-4-9-19(20)21/h4-12,17H,3,14H2,1-2H3,(H,23,24). The van der Waals surface area contributed by atoms with Crippen molar-refractivity contribution in [2.75, 3.05) is 5.32 Å². The van der Waals surface area contributed by atoms with Crippen LogP contribution in [-0.2, 0) is 6.54 Å². The van der Waals surface area contributed by atoms with E-state index in [0.29, 0.717) is 13.0 Å². The van der Waals surface area contributed by atoms with Crippen LogP contribution in [0.3, 0.4) is 0 Å². The molecule has 0 spiro atoms. The molecule has 0 radical (unpaired) electrons. The van der Waals surface area contributed by atoms with Crippen molar-refractivity contribution in [2.45, 2.75) is 32.9 Å². The van der Waals surface area contributed by atoms with E-state index in [2.05, 4.69) is 28.5 Å². The predicted octanol–water partition coefficient (Wildman–Crippen LogP) is 4.84. The van der Waals surface area contributed by atoms with Gasteiger partial charge in [-0.15, -0.1) is 0 Å². The number of benzene rings is 2. The Morgan fingerprint density at radius 1 is 1.16 bits per heavy atom. The molecule has 3 aromatic rings. The molecular formula is C21H21N3O. The third-order valence-corrected chi connectivity index (χ3v) is 4.02. The van der Waals surface area contributed by atoms with Gasteiger partial charge in [-0.05, 0) is 43.2 Å². The first-order valence-corrected chi connectivity index (χ1v) is 8.45. The van der Waals surface area contributed by atoms with Gasteiger partial charge in [0.25, 0.3) is 0 Å². The SMILES string of the molecule is CCC(C#N)Oc1cccc(CNc2cc(C)nc3ccccc23)c1. The molecule has 0 aliphatic carbocycles. The number of para-hydroxylation sites is 1. The first-order chi connectivity index (χ1) is 12.2. The maximum absolute atomic E-state index is 9.04. The van der Waals surface area contributed by atoms with Crippen molar-refractivity contribution in [3.8, 4) is 11.8 Å². The monoisotopic (exact) mass is 331 g/mol. The van der Waals surface area contributed by atoms with E-state index < -0.39 is 6.10 Å². The summed E-state index contributed by atoms with van der Waals surface area (Å²) in [6, 6.07) is 20.2. The number of nitriles is 1. The lowest BCUT2D eigenvalue weighted by Gasteiger charge is -2.13. The second-order valence-electron chi connectivity index (χ2n) is 5.97. The number of rotatable bonds is 6. The molecule has 0 bridgehead atoms. The summed E-state index contributed by atoms with van der Waals surface area (Å²) >= 11 is 0. The molecule has 0 fully saturated rings. The quantitative estimate of drug-likeness (QED) is 0.702. The van der Waals surface area contributed by atoms with Crippen LogP contribution >= 0.6 is 0 Å². The maximum Gasteiger partial charge on any atom is 0.184 e. The summed E-state index contributed by atoms with van der Waals surface area (Å²) in [6.45, 7) is 4.61. The van der Waals surface area contributed by atoms with Gasteiger partial charge in [-0.2, -0.15) is 5.26 Å². The highest BCUT2D eigenvalue weighted by atomic mass is 16.5. The Bertz CT molecular complexity index is 914. The maximum atomic E-state index is 9.04. The number of aryl methyl sites for hydroxylation is 1. The summed E-state index contributed by atoms with van der Waals surface area (Å²) in [5, 5.41) is 13.6. The van der Waals surface area contributed by atoms with Crippen LogP contribution in [0.25, 0.3) is 10.9 Å². The highest BCUT2D eigenvalue weighted by molar-refractivity contribution is 5.91. The molecule has 126 valence electrons. The van der Waals surface area contributed by atoms with E-state index in [1.807, 2.05) is 56.3 Å². The smallest absolute Gasteiger partial charge is 0.184 e. The zero-order valence-electron chi connectivity index (χ0n) is 14.5. The van der Waals surface area contributed by atoms with E-state index in [9.17, 15) is 0 Å². The average molecular weight is 331 g/mol. The van der Waals surface area contributed by atoms with Gasteiger partial charge in [0.05, 0.1) is 5.52 Å². The molecule has 2 aromatic carbocycles. The molecule has 4 heteroatoms. The number of aromatic nitrogens is 1. The number of ether oxygens (including phenoxy) is 1. The van der Waals surface area contributed by atoms with Crippen LogP contribution in [0.4, 0.5) is 5.69 Å². The summed E-state index contributed by atoms with van der Waals surface area (Å²) in [7, 11) is 0. The Hall–Kier alpha value is -3.06. The summed E-state index contributed by atoms with van der Waals surface area (Å²) < 4.78 is 5.70. The highest BCUT2D eigenvalue weighted by Crippen LogP contribution is 2.24. The van der Waals surface area contributed by atoms with Crippen LogP contribution in [0.15, 0.2) is 54.6 Å². The molecule has 1 aromatic heterocycles. The lowest BCUT2D eigenvalue weighted by atomic mass is 10.1. The molecule has 0 saturated carbocycles. The molecular weight excluding hydrogens is 310 g/mol. The van der Waals surface area contributed by atoms with Crippen LogP contribution in [0.1, 0.15) is 24.6 Å². The van der Waals surface area contributed by atoms with Crippen LogP contribution in [0.2, 0.25) is 0 Å². The van der Waals surface area contributed by atoms with Crippen molar-refractivity contribution in [1.82, 2.24) is 4.98 Å². The van der Waals surface area contributed by atoms with E-state index in [0.717, 1.165) is 33.6 Å². The van der Waals surface area contributed by atoms with E-state index in [1.165, 1.54) is 0 Å². The van der Waals surface area contributed by atoms with Gasteiger partial charge in [0.1, 0.15) is 11.8 Å². The number of nitrogens with one attached hydrogen (secondary N) is 1. The molecule has 0 aliphatic rings. The highest BCUT2D eigenvalue weighted by Gasteiger charge is 2.07. The van der Waals surface area contributed by atoms with Crippen LogP contribution in [0, 0.1) is 18.3 Å². The minimum atomic E-state index is -0.407. The van der Waals surface area contributed by atoms with E-state index in [4.69, 9.17) is 10.00 Å². The van der Waals surface area contributed by atoms with Crippen molar-refractivity contribution in [1.29, 1.82) is 5.26 Å². The van der Waals surface area contributed by atoms with Crippen molar-refractivity contribution in [2.24, 2.45) is 0 Å². The van der Waals surface area contributed by atoms with Crippen LogP contribution in [-0.4, -0.2) is 11.1 Å². The van der Waals surface area contributed by atoms with Gasteiger partial charge in [-0.1, -0.05) is 37.3 Å². The van der Waals surface area contributed by atoms with Crippen molar-refractivity contribution in [3.05, 3.63) is 65.9 Å². The molecule has 25 heavy (non-hydrogen) atoms. The lowest BCUT2D eigenvalue weighted by molar-refractivity contribution is 0.251. The largest absolute Gasteiger partial charge is 0.476 e. The fourth-order valence-electron chi connectivity index (χ4n) is 2.75. The molecule has 1 heterocycles. The summed E-state index contributed by atoms with van der Waals surface area (Å²) in [4.78, 5) is 4.57. The van der Waals surface area contributed by atoms with Crippen LogP contribution < -0.4 is 10.1 Å². The predicted molar refractivity (Wildman–Crippen MR) is 101 cm³/mol. The molecule has 1 N–H and O–H groups in total. The first-order valence-electron chi connectivity index (χ1n) is 8.45. The lowest BCUT2D eigenvalue weighted by Crippen LogP contribution is -2.12. The van der Waals surface area contributed by atoms with Crippen molar-refractivity contribution < 1.29 is 4.74 Å². The first kappa shape index (κ1) is 16.8. The fourth-order valence-corrected chi connectivity index (χ4v) is 2.75. The Kier molecular flexibility index (Phi) is 5.15. The fraction of sp³-hybridized carbons (Fsp3) is 0.238. The van der Waals surface area contributed by atoms with Crippen LogP contribution in [0.5, 0.6) is 5.75 Å². The number of fused-ring (bicyclic) bond motifs is 1. The third-order valence-electron chi connectivity index (χ3n) is 4.02. The molecule has 1 unspecified atom stereocenters. The van der Waals surface area contributed by atoms with Gasteiger partial charge >= 0.3 is 0 Å². The minimum absolute atomic E-state index is 0.407. The Labute approximate surface area is 148 Å². The molecule has 1 atom stereocenters. The summed E-state index contributed by atoms with van der Waals surface area (Å²) in [6.07, 6.45) is 0.261. The van der Waals surface area contributed by atoms with E-state index in [-0.39, 0.29) is 0 Å². The van der Waals surface area contributed by atoms with Gasteiger partial charge < -0.3 is 10.1 Å². The minimum Gasteiger partial charge on any atom is -0.476 e. The van der Waals surface area contributed by atoms with Gasteiger partial charge in [-0.25, -0.2) is 0 Å². The topological polar surface area (TPSA) is 57.9 Å². The Balaban J connectivity index is 1.77. The van der Waals surface area contributed by atoms with E-state index in [1.54, 1.807) is 0 Å². The zero-order valence-corrected chi connectivity index (χ0v) is 14.5. The number of pyridine rings is 1. The number of nitrogens with zero attached hydrogens (tertiary/aromatic N) is 2. The second-order valence-corrected chi connectivity index (χ2v) is 5.97.